The van der Waals surface area contributed by atoms with Gasteiger partial charge in [0.2, 0.25) is 5.88 Å². The number of nitrogen functional groups attached to an aromatic ring is 1. The Kier molecular flexibility index (Phi) is 2.63. The van der Waals surface area contributed by atoms with Crippen molar-refractivity contribution in [2.45, 2.75) is 13.8 Å². The predicted octanol–water partition coefficient (Wildman–Crippen LogP) is 3.80. The van der Waals surface area contributed by atoms with Crippen LogP contribution in [0.3, 0.4) is 0 Å². The van der Waals surface area contributed by atoms with E-state index in [0.717, 1.165) is 16.7 Å². The first kappa shape index (κ1) is 11.6. The molecule has 0 atom stereocenters. The van der Waals surface area contributed by atoms with Gasteiger partial charge in [-0.3, -0.25) is 0 Å². The summed E-state index contributed by atoms with van der Waals surface area (Å²) in [4.78, 5) is 0. The molecule has 2 N–H and O–H groups in total. The van der Waals surface area contributed by atoms with E-state index in [1.54, 1.807) is 6.26 Å². The summed E-state index contributed by atoms with van der Waals surface area (Å²) in [7, 11) is 0. The Hall–Kier alpha value is -2.49. The molecule has 96 valence electrons. The lowest BCUT2D eigenvalue weighted by molar-refractivity contribution is 0.435. The van der Waals surface area contributed by atoms with Crippen LogP contribution in [-0.2, 0) is 0 Å². The average molecular weight is 254 g/mol. The van der Waals surface area contributed by atoms with E-state index in [0.29, 0.717) is 17.3 Å². The second-order valence-electron chi connectivity index (χ2n) is 4.57. The molecule has 0 saturated carbocycles. The molecule has 4 heteroatoms. The van der Waals surface area contributed by atoms with Crippen LogP contribution < -0.4 is 5.73 Å². The monoisotopic (exact) mass is 254 g/mol. The van der Waals surface area contributed by atoms with Crippen LogP contribution in [0.25, 0.3) is 22.6 Å². The molecule has 1 aromatic carbocycles. The van der Waals surface area contributed by atoms with Crippen molar-refractivity contribution < 1.29 is 8.94 Å². The molecule has 2 heterocycles. The maximum absolute atomic E-state index is 5.90. The summed E-state index contributed by atoms with van der Waals surface area (Å²) in [6.07, 6.45) is 1.63. The van der Waals surface area contributed by atoms with Gasteiger partial charge in [-0.1, -0.05) is 35.0 Å². The highest BCUT2D eigenvalue weighted by Gasteiger charge is 2.20. The van der Waals surface area contributed by atoms with Crippen LogP contribution in [0.5, 0.6) is 0 Å². The van der Waals surface area contributed by atoms with Gasteiger partial charge in [-0.05, 0) is 31.0 Å². The van der Waals surface area contributed by atoms with Crippen LogP contribution in [-0.4, -0.2) is 5.16 Å². The Labute approximate surface area is 110 Å². The van der Waals surface area contributed by atoms with Gasteiger partial charge in [0.15, 0.2) is 11.5 Å². The van der Waals surface area contributed by atoms with Crippen LogP contribution in [0.4, 0.5) is 5.88 Å². The van der Waals surface area contributed by atoms with Crippen LogP contribution in [0.2, 0.25) is 0 Å². The van der Waals surface area contributed by atoms with E-state index in [1.165, 1.54) is 5.56 Å². The maximum atomic E-state index is 5.90. The molecule has 0 aliphatic carbocycles. The highest BCUT2D eigenvalue weighted by atomic mass is 16.5. The summed E-state index contributed by atoms with van der Waals surface area (Å²) in [6, 6.07) is 9.94. The normalized spacial score (nSPS) is 10.8. The molecule has 19 heavy (non-hydrogen) atoms. The predicted molar refractivity (Wildman–Crippen MR) is 73.5 cm³/mol. The molecule has 0 aliphatic rings. The molecule has 0 saturated heterocycles. The minimum absolute atomic E-state index is 0.301. The van der Waals surface area contributed by atoms with E-state index in [9.17, 15) is 0 Å². The van der Waals surface area contributed by atoms with E-state index in [4.69, 9.17) is 14.7 Å². The SMILES string of the molecule is Cc1ccc(-c2c(-c3occc3C)noc2N)cc1. The Morgan fingerprint density at radius 1 is 1.05 bits per heavy atom. The summed E-state index contributed by atoms with van der Waals surface area (Å²) in [5.74, 6) is 0.991. The Balaban J connectivity index is 2.19. The maximum Gasteiger partial charge on any atom is 0.230 e. The molecule has 3 aromatic rings. The van der Waals surface area contributed by atoms with Gasteiger partial charge in [-0.25, -0.2) is 0 Å². The topological polar surface area (TPSA) is 65.2 Å². The van der Waals surface area contributed by atoms with Crippen molar-refractivity contribution in [2.24, 2.45) is 0 Å². The van der Waals surface area contributed by atoms with E-state index in [2.05, 4.69) is 5.16 Å². The van der Waals surface area contributed by atoms with Crippen LogP contribution >= 0.6 is 0 Å². The molecule has 0 bridgehead atoms. The fraction of sp³-hybridized carbons (Fsp3) is 0.133. The quantitative estimate of drug-likeness (QED) is 0.755. The van der Waals surface area contributed by atoms with Gasteiger partial charge in [0.1, 0.15) is 0 Å². The van der Waals surface area contributed by atoms with Crippen molar-refractivity contribution in [1.82, 2.24) is 5.16 Å². The van der Waals surface area contributed by atoms with Crippen molar-refractivity contribution in [1.29, 1.82) is 0 Å². The molecule has 0 spiro atoms. The second-order valence-corrected chi connectivity index (χ2v) is 4.57. The van der Waals surface area contributed by atoms with E-state index >= 15 is 0 Å². The molecular weight excluding hydrogens is 240 g/mol. The van der Waals surface area contributed by atoms with E-state index < -0.39 is 0 Å². The van der Waals surface area contributed by atoms with E-state index in [-0.39, 0.29) is 0 Å². The Bertz CT molecular complexity index is 708. The third kappa shape index (κ3) is 1.91. The van der Waals surface area contributed by atoms with Crippen molar-refractivity contribution >= 4 is 5.88 Å². The largest absolute Gasteiger partial charge is 0.462 e. The van der Waals surface area contributed by atoms with Crippen molar-refractivity contribution in [3.63, 3.8) is 0 Å². The smallest absolute Gasteiger partial charge is 0.230 e. The lowest BCUT2D eigenvalue weighted by Gasteiger charge is -2.02. The molecule has 3 rings (SSSR count). The first-order valence-corrected chi connectivity index (χ1v) is 6.03. The van der Waals surface area contributed by atoms with Crippen molar-refractivity contribution in [2.75, 3.05) is 5.73 Å². The Morgan fingerprint density at radius 2 is 1.79 bits per heavy atom. The number of nitrogens with zero attached hydrogens (tertiary/aromatic N) is 1. The molecule has 0 unspecified atom stereocenters. The summed E-state index contributed by atoms with van der Waals surface area (Å²) < 4.78 is 10.6. The number of hydrogen-bond donors (Lipinski definition) is 1. The number of hydrogen-bond acceptors (Lipinski definition) is 4. The summed E-state index contributed by atoms with van der Waals surface area (Å²) in [5.41, 5.74) is 10.5. The lowest BCUT2D eigenvalue weighted by Crippen LogP contribution is -1.88. The third-order valence-corrected chi connectivity index (χ3v) is 3.14. The molecule has 2 aromatic heterocycles. The highest BCUT2D eigenvalue weighted by molar-refractivity contribution is 5.86. The van der Waals surface area contributed by atoms with Crippen molar-refractivity contribution in [3.05, 3.63) is 47.7 Å². The number of rotatable bonds is 2. The second kappa shape index (κ2) is 4.31. The highest BCUT2D eigenvalue weighted by Crippen LogP contribution is 2.37. The van der Waals surface area contributed by atoms with Crippen LogP contribution in [0.15, 0.2) is 45.5 Å². The molecule has 4 nitrogen and oxygen atoms in total. The fourth-order valence-electron chi connectivity index (χ4n) is 2.07. The van der Waals surface area contributed by atoms with Gasteiger partial charge in [0.05, 0.1) is 11.8 Å². The summed E-state index contributed by atoms with van der Waals surface area (Å²) >= 11 is 0. The standard InChI is InChI=1S/C15H14N2O2/c1-9-3-5-11(6-4-9)12-13(17-19-15(12)16)14-10(2)7-8-18-14/h3-8H,16H2,1-2H3. The molecule has 0 radical (unpaired) electrons. The first-order chi connectivity index (χ1) is 9.16. The lowest BCUT2D eigenvalue weighted by atomic mass is 10.0. The van der Waals surface area contributed by atoms with Gasteiger partial charge in [0, 0.05) is 0 Å². The van der Waals surface area contributed by atoms with Gasteiger partial charge >= 0.3 is 0 Å². The average Bonchev–Trinajstić information content (AvgIpc) is 2.97. The molecule has 0 fully saturated rings. The van der Waals surface area contributed by atoms with E-state index in [1.807, 2.05) is 44.2 Å². The Morgan fingerprint density at radius 3 is 2.42 bits per heavy atom. The van der Waals surface area contributed by atoms with Crippen LogP contribution in [0.1, 0.15) is 11.1 Å². The first-order valence-electron chi connectivity index (χ1n) is 6.03. The fourth-order valence-corrected chi connectivity index (χ4v) is 2.07. The number of aryl methyl sites for hydroxylation is 2. The number of benzene rings is 1. The number of nitrogens with two attached hydrogens (primary N) is 1. The zero-order valence-corrected chi connectivity index (χ0v) is 10.8. The van der Waals surface area contributed by atoms with Gasteiger partial charge in [-0.15, -0.1) is 0 Å². The van der Waals surface area contributed by atoms with Gasteiger partial charge in [0.25, 0.3) is 0 Å². The minimum Gasteiger partial charge on any atom is -0.462 e. The van der Waals surface area contributed by atoms with Gasteiger partial charge in [-0.2, -0.15) is 0 Å². The van der Waals surface area contributed by atoms with Gasteiger partial charge < -0.3 is 14.7 Å². The van der Waals surface area contributed by atoms with Crippen molar-refractivity contribution in [3.8, 4) is 22.6 Å². The molecule has 0 aliphatic heterocycles. The number of anilines is 1. The molecule has 0 amide bonds. The minimum atomic E-state index is 0.301. The number of furan rings is 1. The zero-order valence-electron chi connectivity index (χ0n) is 10.8. The summed E-state index contributed by atoms with van der Waals surface area (Å²) in [6.45, 7) is 4.00. The third-order valence-electron chi connectivity index (χ3n) is 3.14. The summed E-state index contributed by atoms with van der Waals surface area (Å²) in [5, 5.41) is 4.02. The zero-order chi connectivity index (χ0) is 13.4. The van der Waals surface area contributed by atoms with Crippen LogP contribution in [0, 0.1) is 13.8 Å². The molecular formula is C15H14N2O2. The number of aromatic nitrogens is 1.